The number of halogens is 3. The third-order valence-corrected chi connectivity index (χ3v) is 5.60. The van der Waals surface area contributed by atoms with Crippen LogP contribution in [0.15, 0.2) is 47.5 Å². The average molecular weight is 463 g/mol. The molecule has 1 aromatic carbocycles. The molecule has 176 valence electrons. The molecule has 33 heavy (non-hydrogen) atoms. The van der Waals surface area contributed by atoms with Gasteiger partial charge in [0.1, 0.15) is 11.3 Å². The van der Waals surface area contributed by atoms with E-state index in [2.05, 4.69) is 15.5 Å². The van der Waals surface area contributed by atoms with Gasteiger partial charge >= 0.3 is 6.18 Å². The summed E-state index contributed by atoms with van der Waals surface area (Å²) >= 11 is 0. The summed E-state index contributed by atoms with van der Waals surface area (Å²) in [5.41, 5.74) is -2.38. The maximum Gasteiger partial charge on any atom is 0.416 e. The molecular formula is C22H24F3N5O3. The monoisotopic (exact) mass is 463 g/mol. The van der Waals surface area contributed by atoms with Crippen molar-refractivity contribution in [2.75, 3.05) is 0 Å². The Balaban J connectivity index is 2.11. The Morgan fingerprint density at radius 2 is 1.88 bits per heavy atom. The first-order valence-corrected chi connectivity index (χ1v) is 10.2. The van der Waals surface area contributed by atoms with Crippen molar-refractivity contribution in [2.45, 2.75) is 45.0 Å². The number of rotatable bonds is 6. The van der Waals surface area contributed by atoms with Crippen molar-refractivity contribution in [2.24, 2.45) is 7.05 Å². The molecule has 0 aliphatic rings. The number of aryl methyl sites for hydroxylation is 1. The van der Waals surface area contributed by atoms with E-state index in [0.717, 1.165) is 16.8 Å². The van der Waals surface area contributed by atoms with Crippen molar-refractivity contribution in [3.63, 3.8) is 0 Å². The van der Waals surface area contributed by atoms with Gasteiger partial charge in [0.25, 0.3) is 11.5 Å². The van der Waals surface area contributed by atoms with Crippen LogP contribution in [0, 0.1) is 0 Å². The summed E-state index contributed by atoms with van der Waals surface area (Å²) in [5.74, 6) is -0.741. The standard InChI is InChI=1S/C22H24F3N5O3/c1-5-21(3,33)13(2)27-19(31)17-10-18(14-6-8-15(9-7-14)22(23,24)25)28-30(20(17)32)16-11-26-29(4)12-16/h6-13,33H,5H2,1-4H3,(H,27,31). The normalized spacial score (nSPS) is 14.5. The van der Waals surface area contributed by atoms with Crippen LogP contribution in [-0.2, 0) is 13.2 Å². The molecule has 0 saturated heterocycles. The molecule has 0 spiro atoms. The Hall–Kier alpha value is -3.47. The second kappa shape index (κ2) is 8.81. The van der Waals surface area contributed by atoms with E-state index in [-0.39, 0.29) is 22.5 Å². The summed E-state index contributed by atoms with van der Waals surface area (Å²) in [4.78, 5) is 26.0. The third kappa shape index (κ3) is 5.14. The average Bonchev–Trinajstić information content (AvgIpc) is 3.19. The van der Waals surface area contributed by atoms with Crippen LogP contribution in [0.1, 0.15) is 43.1 Å². The predicted molar refractivity (Wildman–Crippen MR) is 115 cm³/mol. The van der Waals surface area contributed by atoms with Crippen LogP contribution in [0.4, 0.5) is 13.2 Å². The van der Waals surface area contributed by atoms with Gasteiger partial charge in [0, 0.05) is 12.6 Å². The zero-order chi connectivity index (χ0) is 24.6. The van der Waals surface area contributed by atoms with Crippen molar-refractivity contribution < 1.29 is 23.1 Å². The number of aromatic nitrogens is 4. The fraction of sp³-hybridized carbons (Fsp3) is 0.364. The number of alkyl halides is 3. The number of benzene rings is 1. The van der Waals surface area contributed by atoms with Crippen molar-refractivity contribution in [3.8, 4) is 16.9 Å². The minimum Gasteiger partial charge on any atom is -0.388 e. The van der Waals surface area contributed by atoms with Crippen molar-refractivity contribution in [1.29, 1.82) is 0 Å². The molecule has 0 bridgehead atoms. The fourth-order valence-corrected chi connectivity index (χ4v) is 3.06. The van der Waals surface area contributed by atoms with Gasteiger partial charge in [-0.25, -0.2) is 0 Å². The topological polar surface area (TPSA) is 102 Å². The highest BCUT2D eigenvalue weighted by atomic mass is 19.4. The van der Waals surface area contributed by atoms with E-state index in [0.29, 0.717) is 6.42 Å². The molecule has 2 heterocycles. The highest BCUT2D eigenvalue weighted by Gasteiger charge is 2.31. The van der Waals surface area contributed by atoms with Gasteiger partial charge in [-0.2, -0.15) is 28.1 Å². The first kappa shape index (κ1) is 24.2. The van der Waals surface area contributed by atoms with Gasteiger partial charge in [0.05, 0.1) is 35.3 Å². The molecule has 3 rings (SSSR count). The number of nitrogens with one attached hydrogen (secondary N) is 1. The lowest BCUT2D eigenvalue weighted by atomic mass is 9.94. The number of hydrogen-bond acceptors (Lipinski definition) is 5. The molecular weight excluding hydrogens is 439 g/mol. The molecule has 0 aliphatic heterocycles. The summed E-state index contributed by atoms with van der Waals surface area (Å²) < 4.78 is 41.2. The smallest absolute Gasteiger partial charge is 0.388 e. The van der Waals surface area contributed by atoms with E-state index >= 15 is 0 Å². The van der Waals surface area contributed by atoms with E-state index in [4.69, 9.17) is 0 Å². The molecule has 2 aromatic heterocycles. The second-order valence-electron chi connectivity index (χ2n) is 8.01. The van der Waals surface area contributed by atoms with Crippen LogP contribution in [0.2, 0.25) is 0 Å². The van der Waals surface area contributed by atoms with Crippen LogP contribution in [0.25, 0.3) is 16.9 Å². The van der Waals surface area contributed by atoms with Gasteiger partial charge in [0.2, 0.25) is 0 Å². The summed E-state index contributed by atoms with van der Waals surface area (Å²) in [5, 5.41) is 21.3. The Bertz CT molecular complexity index is 1210. The van der Waals surface area contributed by atoms with Crippen molar-refractivity contribution >= 4 is 5.91 Å². The largest absolute Gasteiger partial charge is 0.416 e. The van der Waals surface area contributed by atoms with Crippen LogP contribution >= 0.6 is 0 Å². The molecule has 0 radical (unpaired) electrons. The zero-order valence-corrected chi connectivity index (χ0v) is 18.5. The van der Waals surface area contributed by atoms with Crippen LogP contribution < -0.4 is 10.9 Å². The molecule has 8 nitrogen and oxygen atoms in total. The second-order valence-corrected chi connectivity index (χ2v) is 8.01. The lowest BCUT2D eigenvalue weighted by Gasteiger charge is -2.29. The highest BCUT2D eigenvalue weighted by Crippen LogP contribution is 2.30. The number of aliphatic hydroxyl groups is 1. The lowest BCUT2D eigenvalue weighted by Crippen LogP contribution is -2.49. The molecule has 11 heteroatoms. The molecule has 3 aromatic rings. The Labute approximate surface area is 187 Å². The summed E-state index contributed by atoms with van der Waals surface area (Å²) in [7, 11) is 1.64. The molecule has 2 atom stereocenters. The van der Waals surface area contributed by atoms with Crippen molar-refractivity contribution in [1.82, 2.24) is 24.9 Å². The summed E-state index contributed by atoms with van der Waals surface area (Å²) in [6.07, 6.45) is -1.26. The maximum atomic E-state index is 13.1. The lowest BCUT2D eigenvalue weighted by molar-refractivity contribution is -0.137. The molecule has 0 aliphatic carbocycles. The van der Waals surface area contributed by atoms with E-state index in [1.165, 1.54) is 35.3 Å². The van der Waals surface area contributed by atoms with Crippen LogP contribution in [-0.4, -0.2) is 42.2 Å². The number of carbonyl (C=O) groups excluding carboxylic acids is 1. The van der Waals surface area contributed by atoms with Crippen LogP contribution in [0.3, 0.4) is 0 Å². The van der Waals surface area contributed by atoms with Gasteiger partial charge < -0.3 is 10.4 Å². The quantitative estimate of drug-likeness (QED) is 0.585. The zero-order valence-electron chi connectivity index (χ0n) is 18.5. The van der Waals surface area contributed by atoms with E-state index < -0.39 is 34.8 Å². The minimum absolute atomic E-state index is 0.118. The molecule has 2 unspecified atom stereocenters. The van der Waals surface area contributed by atoms with Gasteiger partial charge in [0.15, 0.2) is 0 Å². The third-order valence-electron chi connectivity index (χ3n) is 5.60. The van der Waals surface area contributed by atoms with Crippen molar-refractivity contribution in [3.05, 3.63) is 64.2 Å². The highest BCUT2D eigenvalue weighted by molar-refractivity contribution is 5.95. The first-order valence-electron chi connectivity index (χ1n) is 10.2. The molecule has 1 amide bonds. The summed E-state index contributed by atoms with van der Waals surface area (Å²) in [6.45, 7) is 4.93. The van der Waals surface area contributed by atoms with Gasteiger partial charge in [-0.1, -0.05) is 19.1 Å². The van der Waals surface area contributed by atoms with Crippen LogP contribution in [0.5, 0.6) is 0 Å². The number of carbonyl (C=O) groups is 1. The Morgan fingerprint density at radius 1 is 1.24 bits per heavy atom. The summed E-state index contributed by atoms with van der Waals surface area (Å²) in [6, 6.07) is 4.78. The number of nitrogens with zero attached hydrogens (tertiary/aromatic N) is 4. The van der Waals surface area contributed by atoms with Gasteiger partial charge in [-0.15, -0.1) is 0 Å². The Morgan fingerprint density at radius 3 is 2.39 bits per heavy atom. The maximum absolute atomic E-state index is 13.1. The number of amides is 1. The number of hydrogen-bond donors (Lipinski definition) is 2. The Kier molecular flexibility index (Phi) is 6.46. The SMILES string of the molecule is CCC(C)(O)C(C)NC(=O)c1cc(-c2ccc(C(F)(F)F)cc2)nn(-c2cnn(C)c2)c1=O. The first-order chi connectivity index (χ1) is 15.3. The van der Waals surface area contributed by atoms with Gasteiger partial charge in [-0.05, 0) is 38.5 Å². The molecule has 2 N–H and O–H groups in total. The minimum atomic E-state index is -4.50. The predicted octanol–water partition coefficient (Wildman–Crippen LogP) is 2.93. The van der Waals surface area contributed by atoms with E-state index in [1.807, 2.05) is 0 Å². The fourth-order valence-electron chi connectivity index (χ4n) is 3.06. The van der Waals surface area contributed by atoms with E-state index in [9.17, 15) is 27.9 Å². The van der Waals surface area contributed by atoms with E-state index in [1.54, 1.807) is 27.8 Å². The van der Waals surface area contributed by atoms with Gasteiger partial charge in [-0.3, -0.25) is 14.3 Å². The molecule has 0 fully saturated rings. The molecule has 0 saturated carbocycles.